The second-order valence-electron chi connectivity index (χ2n) is 4.58. The second-order valence-corrected chi connectivity index (χ2v) is 4.58. The predicted octanol–water partition coefficient (Wildman–Crippen LogP) is 1.50. The summed E-state index contributed by atoms with van der Waals surface area (Å²) in [5.41, 5.74) is 1.87. The molecule has 0 aliphatic heterocycles. The van der Waals surface area contributed by atoms with E-state index >= 15 is 0 Å². The second kappa shape index (κ2) is 5.21. The van der Waals surface area contributed by atoms with Crippen molar-refractivity contribution in [1.82, 2.24) is 24.7 Å². The Labute approximate surface area is 112 Å². The van der Waals surface area contributed by atoms with Gasteiger partial charge in [-0.1, -0.05) is 0 Å². The van der Waals surface area contributed by atoms with Crippen LogP contribution in [0.15, 0.2) is 6.07 Å². The van der Waals surface area contributed by atoms with Crippen LogP contribution in [0.2, 0.25) is 0 Å². The van der Waals surface area contributed by atoms with Gasteiger partial charge in [0, 0.05) is 11.7 Å². The third-order valence-corrected chi connectivity index (χ3v) is 2.40. The van der Waals surface area contributed by atoms with E-state index in [-0.39, 0.29) is 12.1 Å². The van der Waals surface area contributed by atoms with E-state index in [0.717, 1.165) is 11.4 Å². The van der Waals surface area contributed by atoms with Crippen molar-refractivity contribution in [2.75, 3.05) is 12.4 Å². The molecule has 0 unspecified atom stereocenters. The summed E-state index contributed by atoms with van der Waals surface area (Å²) in [6, 6.07) is 2.45. The minimum atomic E-state index is 0.223. The summed E-state index contributed by atoms with van der Waals surface area (Å²) in [4.78, 5) is 12.7. The zero-order chi connectivity index (χ0) is 14.0. The Morgan fingerprint density at radius 3 is 2.47 bits per heavy atom. The van der Waals surface area contributed by atoms with Crippen LogP contribution in [0.1, 0.15) is 25.2 Å². The number of hydrogen-bond acceptors (Lipinski definition) is 6. The Kier molecular flexibility index (Phi) is 3.64. The molecule has 102 valence electrons. The van der Waals surface area contributed by atoms with Crippen LogP contribution in [0, 0.1) is 13.8 Å². The van der Waals surface area contributed by atoms with Gasteiger partial charge in [0.05, 0.1) is 12.8 Å². The van der Waals surface area contributed by atoms with Crippen LogP contribution in [-0.4, -0.2) is 37.9 Å². The van der Waals surface area contributed by atoms with Crippen LogP contribution in [0.4, 0.5) is 5.95 Å². The van der Waals surface area contributed by atoms with Crippen molar-refractivity contribution in [2.45, 2.75) is 33.7 Å². The lowest BCUT2D eigenvalue weighted by Crippen LogP contribution is -2.16. The molecule has 0 fully saturated rings. The number of rotatable bonds is 4. The maximum atomic E-state index is 5.10. The average molecular weight is 262 g/mol. The van der Waals surface area contributed by atoms with E-state index in [4.69, 9.17) is 4.74 Å². The van der Waals surface area contributed by atoms with Gasteiger partial charge in [0.25, 0.3) is 5.95 Å². The maximum absolute atomic E-state index is 5.10. The molecule has 0 aromatic carbocycles. The van der Waals surface area contributed by atoms with Crippen LogP contribution in [0.25, 0.3) is 5.95 Å². The van der Waals surface area contributed by atoms with Gasteiger partial charge < -0.3 is 10.1 Å². The molecule has 0 radical (unpaired) electrons. The zero-order valence-electron chi connectivity index (χ0n) is 11.8. The molecular weight excluding hydrogens is 244 g/mol. The Bertz CT molecular complexity index is 578. The molecule has 0 bridgehead atoms. The smallest absolute Gasteiger partial charge is 0.322 e. The van der Waals surface area contributed by atoms with Crippen molar-refractivity contribution in [3.05, 3.63) is 17.5 Å². The first-order valence-electron chi connectivity index (χ1n) is 6.10. The molecule has 0 aliphatic rings. The maximum Gasteiger partial charge on any atom is 0.322 e. The quantitative estimate of drug-likeness (QED) is 0.899. The first-order chi connectivity index (χ1) is 8.99. The molecule has 7 nitrogen and oxygen atoms in total. The summed E-state index contributed by atoms with van der Waals surface area (Å²) in [6.07, 6.45) is 0. The number of aromatic nitrogens is 5. The summed E-state index contributed by atoms with van der Waals surface area (Å²) >= 11 is 0. The first-order valence-corrected chi connectivity index (χ1v) is 6.10. The Morgan fingerprint density at radius 2 is 1.95 bits per heavy atom. The normalized spacial score (nSPS) is 10.8. The lowest BCUT2D eigenvalue weighted by Gasteiger charge is -2.10. The topological polar surface area (TPSA) is 77.8 Å². The van der Waals surface area contributed by atoms with Crippen molar-refractivity contribution < 1.29 is 4.74 Å². The largest absolute Gasteiger partial charge is 0.467 e. The van der Waals surface area contributed by atoms with Crippen LogP contribution >= 0.6 is 0 Å². The molecule has 0 aliphatic carbocycles. The van der Waals surface area contributed by atoms with Gasteiger partial charge in [-0.05, 0) is 33.8 Å². The van der Waals surface area contributed by atoms with Gasteiger partial charge in [-0.15, -0.1) is 0 Å². The Morgan fingerprint density at radius 1 is 1.21 bits per heavy atom. The van der Waals surface area contributed by atoms with E-state index < -0.39 is 0 Å². The number of methoxy groups -OCH3 is 1. The fourth-order valence-corrected chi connectivity index (χ4v) is 1.69. The van der Waals surface area contributed by atoms with E-state index in [9.17, 15) is 0 Å². The highest BCUT2D eigenvalue weighted by Gasteiger charge is 2.12. The van der Waals surface area contributed by atoms with Crippen LogP contribution in [0.3, 0.4) is 0 Å². The van der Waals surface area contributed by atoms with Gasteiger partial charge in [0.2, 0.25) is 5.95 Å². The number of nitrogens with one attached hydrogen (secondary N) is 1. The van der Waals surface area contributed by atoms with Gasteiger partial charge in [-0.3, -0.25) is 0 Å². The zero-order valence-corrected chi connectivity index (χ0v) is 11.8. The Balaban J connectivity index is 2.47. The van der Waals surface area contributed by atoms with E-state index in [1.165, 1.54) is 7.11 Å². The van der Waals surface area contributed by atoms with Crippen molar-refractivity contribution in [2.24, 2.45) is 0 Å². The molecule has 0 atom stereocenters. The van der Waals surface area contributed by atoms with E-state index in [0.29, 0.717) is 11.9 Å². The minimum absolute atomic E-state index is 0.223. The van der Waals surface area contributed by atoms with Crippen LogP contribution in [-0.2, 0) is 0 Å². The number of nitrogens with zero attached hydrogens (tertiary/aromatic N) is 5. The summed E-state index contributed by atoms with van der Waals surface area (Å²) in [7, 11) is 1.53. The summed E-state index contributed by atoms with van der Waals surface area (Å²) in [5.74, 6) is 0.921. The summed E-state index contributed by atoms with van der Waals surface area (Å²) < 4.78 is 6.77. The molecule has 2 heterocycles. The van der Waals surface area contributed by atoms with Gasteiger partial charge in [0.1, 0.15) is 0 Å². The standard InChI is InChI=1S/C12H18N6O/c1-7(2)13-10-14-11(16-12(15-10)19-5)18-9(4)6-8(3)17-18/h6-7H,1-5H3,(H,13,14,15,16). The number of anilines is 1. The molecule has 2 rings (SSSR count). The fraction of sp³-hybridized carbons (Fsp3) is 0.500. The highest BCUT2D eigenvalue weighted by molar-refractivity contribution is 5.32. The minimum Gasteiger partial charge on any atom is -0.467 e. The highest BCUT2D eigenvalue weighted by atomic mass is 16.5. The molecule has 0 spiro atoms. The molecule has 2 aromatic heterocycles. The lowest BCUT2D eigenvalue weighted by molar-refractivity contribution is 0.377. The number of hydrogen-bond donors (Lipinski definition) is 1. The molecule has 1 N–H and O–H groups in total. The van der Waals surface area contributed by atoms with Gasteiger partial charge in [-0.25, -0.2) is 4.68 Å². The summed E-state index contributed by atoms with van der Waals surface area (Å²) in [6.45, 7) is 7.90. The van der Waals surface area contributed by atoms with Gasteiger partial charge >= 0.3 is 6.01 Å². The molecule has 0 saturated carbocycles. The highest BCUT2D eigenvalue weighted by Crippen LogP contribution is 2.13. The molecule has 19 heavy (non-hydrogen) atoms. The molecule has 2 aromatic rings. The first kappa shape index (κ1) is 13.3. The fourth-order valence-electron chi connectivity index (χ4n) is 1.69. The van der Waals surface area contributed by atoms with E-state index in [2.05, 4.69) is 25.4 Å². The van der Waals surface area contributed by atoms with E-state index in [1.54, 1.807) is 4.68 Å². The monoisotopic (exact) mass is 262 g/mol. The number of ether oxygens (including phenoxy) is 1. The van der Waals surface area contributed by atoms with Crippen molar-refractivity contribution in [3.63, 3.8) is 0 Å². The summed E-state index contributed by atoms with van der Waals surface area (Å²) in [5, 5.41) is 7.49. The SMILES string of the molecule is COc1nc(NC(C)C)nc(-n2nc(C)cc2C)n1. The van der Waals surface area contributed by atoms with E-state index in [1.807, 2.05) is 33.8 Å². The van der Waals surface area contributed by atoms with Crippen molar-refractivity contribution >= 4 is 5.95 Å². The van der Waals surface area contributed by atoms with Crippen molar-refractivity contribution in [1.29, 1.82) is 0 Å². The van der Waals surface area contributed by atoms with Crippen molar-refractivity contribution in [3.8, 4) is 12.0 Å². The third-order valence-electron chi connectivity index (χ3n) is 2.40. The molecule has 7 heteroatoms. The molecule has 0 amide bonds. The third kappa shape index (κ3) is 2.98. The molecular formula is C12H18N6O. The van der Waals surface area contributed by atoms with Crippen LogP contribution < -0.4 is 10.1 Å². The average Bonchev–Trinajstić information content (AvgIpc) is 2.67. The van der Waals surface area contributed by atoms with Crippen LogP contribution in [0.5, 0.6) is 6.01 Å². The molecule has 0 saturated heterocycles. The van der Waals surface area contributed by atoms with Gasteiger partial charge in [0.15, 0.2) is 0 Å². The number of aryl methyl sites for hydroxylation is 2. The predicted molar refractivity (Wildman–Crippen MR) is 71.7 cm³/mol. The Hall–Kier alpha value is -2.18. The van der Waals surface area contributed by atoms with Gasteiger partial charge in [-0.2, -0.15) is 20.1 Å². The lowest BCUT2D eigenvalue weighted by atomic mass is 10.4.